The fourth-order valence-electron chi connectivity index (χ4n) is 1.25. The zero-order valence-corrected chi connectivity index (χ0v) is 10.9. The Morgan fingerprint density at radius 3 is 2.88 bits per heavy atom. The number of nitrogens with zero attached hydrogens (tertiary/aromatic N) is 1. The van der Waals surface area contributed by atoms with Gasteiger partial charge in [0.05, 0.1) is 16.3 Å². The van der Waals surface area contributed by atoms with Crippen molar-refractivity contribution in [2.24, 2.45) is 0 Å². The van der Waals surface area contributed by atoms with E-state index in [2.05, 4.69) is 0 Å². The van der Waals surface area contributed by atoms with Gasteiger partial charge in [0, 0.05) is 19.3 Å². The van der Waals surface area contributed by atoms with E-state index in [-0.39, 0.29) is 5.91 Å². The van der Waals surface area contributed by atoms with Crippen LogP contribution in [0.3, 0.4) is 0 Å². The van der Waals surface area contributed by atoms with Crippen molar-refractivity contribution in [2.75, 3.05) is 31.3 Å². The van der Waals surface area contributed by atoms with E-state index in [1.807, 2.05) is 6.26 Å². The second-order valence-electron chi connectivity index (χ2n) is 3.43. The minimum absolute atomic E-state index is 0.0913. The van der Waals surface area contributed by atoms with Gasteiger partial charge in [0.2, 0.25) is 0 Å². The van der Waals surface area contributed by atoms with Crippen LogP contribution in [0.5, 0.6) is 0 Å². The van der Waals surface area contributed by atoms with Crippen LogP contribution in [0, 0.1) is 0 Å². The number of thioether (sulfide) groups is 1. The molecule has 0 saturated carbocycles. The summed E-state index contributed by atoms with van der Waals surface area (Å²) in [6, 6.07) is 5.11. The van der Waals surface area contributed by atoms with Crippen LogP contribution in [0.4, 0.5) is 5.69 Å². The molecule has 16 heavy (non-hydrogen) atoms. The van der Waals surface area contributed by atoms with Crippen LogP contribution in [-0.4, -0.2) is 36.4 Å². The van der Waals surface area contributed by atoms with Gasteiger partial charge in [-0.25, -0.2) is 0 Å². The van der Waals surface area contributed by atoms with Crippen molar-refractivity contribution in [1.29, 1.82) is 0 Å². The predicted molar refractivity (Wildman–Crippen MR) is 71.2 cm³/mol. The molecule has 3 nitrogen and oxygen atoms in total. The predicted octanol–water partition coefficient (Wildman–Crippen LogP) is 2.36. The third-order valence-corrected chi connectivity index (χ3v) is 3.25. The summed E-state index contributed by atoms with van der Waals surface area (Å²) in [4.78, 5) is 13.7. The molecule has 5 heteroatoms. The zero-order chi connectivity index (χ0) is 12.1. The maximum absolute atomic E-state index is 12.0. The van der Waals surface area contributed by atoms with Gasteiger partial charge in [0.1, 0.15) is 0 Å². The molecule has 0 fully saturated rings. The van der Waals surface area contributed by atoms with Crippen molar-refractivity contribution in [3.8, 4) is 0 Å². The van der Waals surface area contributed by atoms with Crippen molar-refractivity contribution in [3.63, 3.8) is 0 Å². The van der Waals surface area contributed by atoms with E-state index in [1.54, 1.807) is 41.9 Å². The third kappa shape index (κ3) is 3.06. The number of nitrogens with two attached hydrogens (primary N) is 1. The monoisotopic (exact) mass is 258 g/mol. The number of amides is 1. The number of hydrogen-bond acceptors (Lipinski definition) is 3. The minimum Gasteiger partial charge on any atom is -0.398 e. The topological polar surface area (TPSA) is 46.3 Å². The first kappa shape index (κ1) is 13.2. The number of rotatable bonds is 4. The van der Waals surface area contributed by atoms with E-state index in [0.29, 0.717) is 22.8 Å². The quantitative estimate of drug-likeness (QED) is 0.844. The van der Waals surface area contributed by atoms with E-state index in [4.69, 9.17) is 17.3 Å². The molecule has 1 rings (SSSR count). The first-order chi connectivity index (χ1) is 7.57. The van der Waals surface area contributed by atoms with Gasteiger partial charge in [-0.1, -0.05) is 17.7 Å². The molecular weight excluding hydrogens is 244 g/mol. The maximum Gasteiger partial charge on any atom is 0.255 e. The number of benzene rings is 1. The lowest BCUT2D eigenvalue weighted by Crippen LogP contribution is -2.29. The minimum atomic E-state index is -0.0913. The Kier molecular flexibility index (Phi) is 4.96. The zero-order valence-electron chi connectivity index (χ0n) is 9.37. The van der Waals surface area contributed by atoms with Gasteiger partial charge < -0.3 is 10.6 Å². The number of hydrogen-bond donors (Lipinski definition) is 1. The van der Waals surface area contributed by atoms with Crippen LogP contribution in [0.2, 0.25) is 5.02 Å². The Morgan fingerprint density at radius 1 is 1.56 bits per heavy atom. The largest absolute Gasteiger partial charge is 0.398 e. The van der Waals surface area contributed by atoms with E-state index in [1.165, 1.54) is 0 Å². The molecule has 0 saturated heterocycles. The Morgan fingerprint density at radius 2 is 2.25 bits per heavy atom. The fourth-order valence-corrected chi connectivity index (χ4v) is 1.91. The van der Waals surface area contributed by atoms with Crippen LogP contribution in [0.25, 0.3) is 0 Å². The second-order valence-corrected chi connectivity index (χ2v) is 4.79. The highest BCUT2D eigenvalue weighted by Crippen LogP contribution is 2.23. The highest BCUT2D eigenvalue weighted by Gasteiger charge is 2.15. The molecule has 0 heterocycles. The first-order valence-corrected chi connectivity index (χ1v) is 6.63. The summed E-state index contributed by atoms with van der Waals surface area (Å²) in [5.41, 5.74) is 6.55. The smallest absolute Gasteiger partial charge is 0.255 e. The molecule has 0 aliphatic heterocycles. The van der Waals surface area contributed by atoms with Crippen molar-refractivity contribution < 1.29 is 4.79 Å². The molecule has 1 aromatic rings. The van der Waals surface area contributed by atoms with Crippen molar-refractivity contribution in [3.05, 3.63) is 28.8 Å². The summed E-state index contributed by atoms with van der Waals surface area (Å²) in [5, 5.41) is 0.337. The number of halogens is 1. The third-order valence-electron chi connectivity index (χ3n) is 2.24. The van der Waals surface area contributed by atoms with Crippen LogP contribution in [0.15, 0.2) is 18.2 Å². The maximum atomic E-state index is 12.0. The normalized spacial score (nSPS) is 10.2. The molecule has 0 aromatic heterocycles. The molecule has 0 aliphatic carbocycles. The van der Waals surface area contributed by atoms with Crippen LogP contribution < -0.4 is 5.73 Å². The van der Waals surface area contributed by atoms with Gasteiger partial charge in [-0.15, -0.1) is 0 Å². The van der Waals surface area contributed by atoms with Gasteiger partial charge in [-0.3, -0.25) is 4.79 Å². The summed E-state index contributed by atoms with van der Waals surface area (Å²) >= 11 is 7.69. The molecular formula is C11H15ClN2OS. The number of nitrogen functional groups attached to an aromatic ring is 1. The Balaban J connectivity index is 2.84. The number of carbonyl (C=O) groups is 1. The van der Waals surface area contributed by atoms with E-state index in [0.717, 1.165) is 5.75 Å². The molecule has 0 radical (unpaired) electrons. The highest BCUT2D eigenvalue weighted by atomic mass is 35.5. The lowest BCUT2D eigenvalue weighted by Gasteiger charge is -2.17. The first-order valence-electron chi connectivity index (χ1n) is 4.86. The molecule has 0 bridgehead atoms. The molecule has 88 valence electrons. The van der Waals surface area contributed by atoms with Crippen LogP contribution in [-0.2, 0) is 0 Å². The van der Waals surface area contributed by atoms with Gasteiger partial charge >= 0.3 is 0 Å². The summed E-state index contributed by atoms with van der Waals surface area (Å²) in [7, 11) is 1.76. The SMILES string of the molecule is CSCCN(C)C(=O)c1cccc(N)c1Cl. The summed E-state index contributed by atoms with van der Waals surface area (Å²) < 4.78 is 0. The van der Waals surface area contributed by atoms with E-state index in [9.17, 15) is 4.79 Å². The molecule has 2 N–H and O–H groups in total. The van der Waals surface area contributed by atoms with Crippen LogP contribution in [0.1, 0.15) is 10.4 Å². The second kappa shape index (κ2) is 6.01. The summed E-state index contributed by atoms with van der Waals surface area (Å²) in [5.74, 6) is 0.814. The summed E-state index contributed by atoms with van der Waals surface area (Å²) in [6.07, 6.45) is 2.01. The molecule has 0 aliphatic rings. The highest BCUT2D eigenvalue weighted by molar-refractivity contribution is 7.98. The molecule has 1 amide bonds. The Bertz CT molecular complexity index is 384. The number of carbonyl (C=O) groups excluding carboxylic acids is 1. The standard InChI is InChI=1S/C11H15ClN2OS/c1-14(6-7-16-2)11(15)8-4-3-5-9(13)10(8)12/h3-5H,6-7,13H2,1-2H3. The van der Waals surface area contributed by atoms with Gasteiger partial charge in [0.25, 0.3) is 5.91 Å². The van der Waals surface area contributed by atoms with Crippen molar-refractivity contribution in [2.45, 2.75) is 0 Å². The fraction of sp³-hybridized carbons (Fsp3) is 0.364. The summed E-state index contributed by atoms with van der Waals surface area (Å²) in [6.45, 7) is 0.700. The molecule has 0 spiro atoms. The lowest BCUT2D eigenvalue weighted by molar-refractivity contribution is 0.0804. The van der Waals surface area contributed by atoms with Crippen LogP contribution >= 0.6 is 23.4 Å². The van der Waals surface area contributed by atoms with Gasteiger partial charge in [-0.2, -0.15) is 11.8 Å². The molecule has 0 atom stereocenters. The van der Waals surface area contributed by atoms with E-state index >= 15 is 0 Å². The van der Waals surface area contributed by atoms with Crippen molar-refractivity contribution in [1.82, 2.24) is 4.90 Å². The molecule has 0 unspecified atom stereocenters. The van der Waals surface area contributed by atoms with Crippen molar-refractivity contribution >= 4 is 35.0 Å². The lowest BCUT2D eigenvalue weighted by atomic mass is 10.2. The van der Waals surface area contributed by atoms with Gasteiger partial charge in [0.15, 0.2) is 0 Å². The van der Waals surface area contributed by atoms with Gasteiger partial charge in [-0.05, 0) is 18.4 Å². The number of anilines is 1. The molecule has 1 aromatic carbocycles. The Hall–Kier alpha value is -0.870. The van der Waals surface area contributed by atoms with E-state index < -0.39 is 0 Å². The average Bonchev–Trinajstić information content (AvgIpc) is 2.28. The Labute approximate surface area is 105 Å². The average molecular weight is 259 g/mol.